The minimum Gasteiger partial charge on any atom is -0.425 e. The van der Waals surface area contributed by atoms with Crippen molar-refractivity contribution in [3.63, 3.8) is 0 Å². The molecule has 0 N–H and O–H groups in total. The Labute approximate surface area is 174 Å². The first-order valence-electron chi connectivity index (χ1n) is 10.9. The normalized spacial score (nSPS) is 21.3. The second-order valence-corrected chi connectivity index (χ2v) is 8.46. The van der Waals surface area contributed by atoms with Gasteiger partial charge in [0.15, 0.2) is 5.41 Å². The van der Waals surface area contributed by atoms with Crippen molar-refractivity contribution in [3.8, 4) is 22.9 Å². The number of rotatable bonds is 7. The summed E-state index contributed by atoms with van der Waals surface area (Å²) in [5, 5.41) is 9.64. The van der Waals surface area contributed by atoms with Crippen LogP contribution in [-0.4, -0.2) is 5.97 Å². The molecule has 3 heteroatoms. The van der Waals surface area contributed by atoms with Crippen LogP contribution in [0.15, 0.2) is 48.5 Å². The molecule has 2 aromatic carbocycles. The number of nitrogens with zero attached hydrogens (tertiary/aromatic N) is 1. The fourth-order valence-electron chi connectivity index (χ4n) is 4.25. The van der Waals surface area contributed by atoms with E-state index in [9.17, 15) is 10.1 Å². The standard InChI is InChI=1S/C26H31NO2/c1-3-4-5-8-21-9-11-22(12-10-21)23-13-15-24(16-14-23)29-25(28)26(19-27)17-6-7-20(2)18-26/h9-16,20H,3-8,17-18H2,1-2H3. The molecular weight excluding hydrogens is 358 g/mol. The van der Waals surface area contributed by atoms with E-state index in [0.29, 0.717) is 24.5 Å². The minimum absolute atomic E-state index is 0.378. The number of esters is 1. The zero-order valence-electron chi connectivity index (χ0n) is 17.6. The van der Waals surface area contributed by atoms with Crippen molar-refractivity contribution < 1.29 is 9.53 Å². The second-order valence-electron chi connectivity index (χ2n) is 8.46. The molecule has 0 aromatic heterocycles. The number of carbonyl (C=O) groups is 1. The lowest BCUT2D eigenvalue weighted by Gasteiger charge is -2.31. The Bertz CT molecular complexity index is 848. The smallest absolute Gasteiger partial charge is 0.331 e. The molecule has 1 aliphatic carbocycles. The maximum Gasteiger partial charge on any atom is 0.331 e. The summed E-state index contributed by atoms with van der Waals surface area (Å²) in [6.45, 7) is 4.32. The fraction of sp³-hybridized carbons (Fsp3) is 0.462. The van der Waals surface area contributed by atoms with Crippen LogP contribution in [0.4, 0.5) is 0 Å². The summed E-state index contributed by atoms with van der Waals surface area (Å²) < 4.78 is 5.60. The molecule has 3 nitrogen and oxygen atoms in total. The van der Waals surface area contributed by atoms with Crippen LogP contribution in [0.2, 0.25) is 0 Å². The Balaban J connectivity index is 1.64. The molecule has 2 atom stereocenters. The van der Waals surface area contributed by atoms with Crippen molar-refractivity contribution in [2.24, 2.45) is 11.3 Å². The third-order valence-corrected chi connectivity index (χ3v) is 6.02. The average molecular weight is 390 g/mol. The molecule has 3 rings (SSSR count). The van der Waals surface area contributed by atoms with Gasteiger partial charge in [0.25, 0.3) is 0 Å². The van der Waals surface area contributed by atoms with Crippen molar-refractivity contribution in [1.29, 1.82) is 5.26 Å². The number of nitriles is 1. The molecule has 1 fully saturated rings. The average Bonchev–Trinajstić information content (AvgIpc) is 2.75. The molecule has 2 aromatic rings. The summed E-state index contributed by atoms with van der Waals surface area (Å²) in [7, 11) is 0. The molecule has 29 heavy (non-hydrogen) atoms. The zero-order valence-corrected chi connectivity index (χ0v) is 17.6. The SMILES string of the molecule is CCCCCc1ccc(-c2ccc(OC(=O)C3(C#N)CCCC(C)C3)cc2)cc1. The molecule has 152 valence electrons. The van der Waals surface area contributed by atoms with Gasteiger partial charge in [-0.25, -0.2) is 4.79 Å². The van der Waals surface area contributed by atoms with Gasteiger partial charge >= 0.3 is 5.97 Å². The summed E-state index contributed by atoms with van der Waals surface area (Å²) in [5.41, 5.74) is 2.61. The molecule has 1 saturated carbocycles. The first kappa shape index (κ1) is 21.1. The number of unbranched alkanes of at least 4 members (excludes halogenated alkanes) is 2. The predicted molar refractivity (Wildman–Crippen MR) is 116 cm³/mol. The van der Waals surface area contributed by atoms with Crippen LogP contribution in [-0.2, 0) is 11.2 Å². The fourth-order valence-corrected chi connectivity index (χ4v) is 4.25. The van der Waals surface area contributed by atoms with Crippen LogP contribution in [0, 0.1) is 22.7 Å². The van der Waals surface area contributed by atoms with Gasteiger partial charge in [-0.3, -0.25) is 0 Å². The number of benzene rings is 2. The Hall–Kier alpha value is -2.60. The van der Waals surface area contributed by atoms with E-state index >= 15 is 0 Å². The van der Waals surface area contributed by atoms with Gasteiger partial charge in [-0.05, 0) is 60.4 Å². The second kappa shape index (κ2) is 9.74. The number of carbonyl (C=O) groups excluding carboxylic acids is 1. The minimum atomic E-state index is -0.996. The van der Waals surface area contributed by atoms with Crippen LogP contribution in [0.5, 0.6) is 5.75 Å². The molecule has 2 unspecified atom stereocenters. The van der Waals surface area contributed by atoms with Gasteiger partial charge in [0.2, 0.25) is 0 Å². The van der Waals surface area contributed by atoms with Crippen molar-refractivity contribution in [1.82, 2.24) is 0 Å². The molecule has 0 amide bonds. The highest BCUT2D eigenvalue weighted by Gasteiger charge is 2.43. The summed E-state index contributed by atoms with van der Waals surface area (Å²) in [4.78, 5) is 12.7. The topological polar surface area (TPSA) is 50.1 Å². The third-order valence-electron chi connectivity index (χ3n) is 6.02. The first-order valence-corrected chi connectivity index (χ1v) is 10.9. The molecule has 0 spiro atoms. The third kappa shape index (κ3) is 5.26. The molecule has 0 saturated heterocycles. The lowest BCUT2D eigenvalue weighted by Crippen LogP contribution is -2.37. The summed E-state index contributed by atoms with van der Waals surface area (Å²) in [6.07, 6.45) is 8.03. The summed E-state index contributed by atoms with van der Waals surface area (Å²) >= 11 is 0. The molecular formula is C26H31NO2. The maximum atomic E-state index is 12.7. The number of hydrogen-bond acceptors (Lipinski definition) is 3. The first-order chi connectivity index (χ1) is 14.1. The Morgan fingerprint density at radius 3 is 2.34 bits per heavy atom. The molecule has 0 heterocycles. The van der Waals surface area contributed by atoms with E-state index in [1.165, 1.54) is 24.8 Å². The molecule has 0 bridgehead atoms. The molecule has 1 aliphatic rings. The predicted octanol–water partition coefficient (Wildman–Crippen LogP) is 6.71. The highest BCUT2D eigenvalue weighted by atomic mass is 16.5. The van der Waals surface area contributed by atoms with Gasteiger partial charge in [0.05, 0.1) is 6.07 Å². The van der Waals surface area contributed by atoms with E-state index in [2.05, 4.69) is 44.2 Å². The van der Waals surface area contributed by atoms with E-state index in [1.807, 2.05) is 24.3 Å². The number of ether oxygens (including phenoxy) is 1. The van der Waals surface area contributed by atoms with E-state index < -0.39 is 11.4 Å². The van der Waals surface area contributed by atoms with Crippen LogP contribution < -0.4 is 4.74 Å². The van der Waals surface area contributed by atoms with Gasteiger partial charge in [-0.15, -0.1) is 0 Å². The number of aryl methyl sites for hydroxylation is 1. The largest absolute Gasteiger partial charge is 0.425 e. The van der Waals surface area contributed by atoms with Gasteiger partial charge in [-0.1, -0.05) is 75.9 Å². The van der Waals surface area contributed by atoms with Crippen molar-refractivity contribution >= 4 is 5.97 Å². The quantitative estimate of drug-likeness (QED) is 0.300. The zero-order chi connectivity index (χ0) is 20.7. The highest BCUT2D eigenvalue weighted by Crippen LogP contribution is 2.40. The van der Waals surface area contributed by atoms with E-state index in [-0.39, 0.29) is 0 Å². The van der Waals surface area contributed by atoms with E-state index in [1.54, 1.807) is 0 Å². The highest BCUT2D eigenvalue weighted by molar-refractivity contribution is 5.82. The lowest BCUT2D eigenvalue weighted by atomic mass is 9.71. The number of hydrogen-bond donors (Lipinski definition) is 0. The van der Waals surface area contributed by atoms with Gasteiger partial charge in [-0.2, -0.15) is 5.26 Å². The molecule has 0 aliphatic heterocycles. The van der Waals surface area contributed by atoms with Gasteiger partial charge in [0.1, 0.15) is 5.75 Å². The van der Waals surface area contributed by atoms with Crippen molar-refractivity contribution in [2.45, 2.75) is 65.2 Å². The van der Waals surface area contributed by atoms with Crippen molar-refractivity contribution in [3.05, 3.63) is 54.1 Å². The Kier molecular flexibility index (Phi) is 7.09. The van der Waals surface area contributed by atoms with Gasteiger partial charge < -0.3 is 4.74 Å². The summed E-state index contributed by atoms with van der Waals surface area (Å²) in [6, 6.07) is 18.5. The maximum absolute atomic E-state index is 12.7. The van der Waals surface area contributed by atoms with Crippen LogP contribution in [0.25, 0.3) is 11.1 Å². The van der Waals surface area contributed by atoms with Crippen molar-refractivity contribution in [2.75, 3.05) is 0 Å². The van der Waals surface area contributed by atoms with E-state index in [0.717, 1.165) is 30.4 Å². The van der Waals surface area contributed by atoms with Crippen LogP contribution in [0.1, 0.15) is 64.4 Å². The Morgan fingerprint density at radius 1 is 1.10 bits per heavy atom. The monoisotopic (exact) mass is 389 g/mol. The van der Waals surface area contributed by atoms with E-state index in [4.69, 9.17) is 4.74 Å². The van der Waals surface area contributed by atoms with Crippen LogP contribution >= 0.6 is 0 Å². The molecule has 0 radical (unpaired) electrons. The van der Waals surface area contributed by atoms with Gasteiger partial charge in [0, 0.05) is 0 Å². The Morgan fingerprint density at radius 2 is 1.76 bits per heavy atom. The lowest BCUT2D eigenvalue weighted by molar-refractivity contribution is -0.144. The summed E-state index contributed by atoms with van der Waals surface area (Å²) in [5.74, 6) is 0.474. The van der Waals surface area contributed by atoms with Crippen LogP contribution in [0.3, 0.4) is 0 Å².